The zero-order valence-corrected chi connectivity index (χ0v) is 24.5. The molecule has 0 fully saturated rings. The van der Waals surface area contributed by atoms with Crippen LogP contribution in [0, 0.1) is 11.2 Å². The Hall–Kier alpha value is -4.15. The van der Waals surface area contributed by atoms with Gasteiger partial charge in [0, 0.05) is 47.6 Å². The number of carbonyl (C=O) groups excluding carboxylic acids is 3. The molecule has 5 rings (SSSR count). The van der Waals surface area contributed by atoms with E-state index in [1.54, 1.807) is 52.2 Å². The Morgan fingerprint density at radius 3 is 2.62 bits per heavy atom. The van der Waals surface area contributed by atoms with Gasteiger partial charge in [0.1, 0.15) is 24.4 Å². The smallest absolute Gasteiger partial charge is 0.244 e. The molecule has 2 heterocycles. The molecule has 220 valence electrons. The fourth-order valence-corrected chi connectivity index (χ4v) is 5.97. The largest absolute Gasteiger partial charge is 0.362 e. The molecule has 42 heavy (non-hydrogen) atoms. The lowest BCUT2D eigenvalue weighted by Gasteiger charge is -2.30. The molecule has 3 amide bonds. The zero-order chi connectivity index (χ0) is 30.2. The van der Waals surface area contributed by atoms with Crippen LogP contribution < -0.4 is 16.0 Å². The van der Waals surface area contributed by atoms with E-state index >= 15 is 4.39 Å². The van der Waals surface area contributed by atoms with Gasteiger partial charge in [-0.05, 0) is 55.3 Å². The molecule has 0 bridgehead atoms. The van der Waals surface area contributed by atoms with Crippen LogP contribution in [-0.2, 0) is 43.9 Å². The van der Waals surface area contributed by atoms with Gasteiger partial charge < -0.3 is 20.3 Å². The summed E-state index contributed by atoms with van der Waals surface area (Å²) in [6.45, 7) is 4.90. The predicted molar refractivity (Wildman–Crippen MR) is 157 cm³/mol. The van der Waals surface area contributed by atoms with Crippen LogP contribution in [0.4, 0.5) is 15.9 Å². The lowest BCUT2D eigenvalue weighted by molar-refractivity contribution is -0.142. The summed E-state index contributed by atoms with van der Waals surface area (Å²) in [7, 11) is 3.20. The Kier molecular flexibility index (Phi) is 7.87. The first-order valence-corrected chi connectivity index (χ1v) is 13.9. The third-order valence-electron chi connectivity index (χ3n) is 8.01. The quantitative estimate of drug-likeness (QED) is 0.350. The first-order valence-electron chi connectivity index (χ1n) is 13.9. The maximum absolute atomic E-state index is 15.1. The van der Waals surface area contributed by atoms with Crippen molar-refractivity contribution in [2.45, 2.75) is 51.8 Å². The van der Waals surface area contributed by atoms with Crippen LogP contribution in [0.3, 0.4) is 0 Å². The molecule has 3 N–H and O–H groups in total. The molecule has 2 aromatic carbocycles. The van der Waals surface area contributed by atoms with Crippen LogP contribution >= 0.6 is 0 Å². The van der Waals surface area contributed by atoms with Crippen LogP contribution in [0.1, 0.15) is 54.8 Å². The Labute approximate surface area is 244 Å². The number of halogens is 1. The highest BCUT2D eigenvalue weighted by molar-refractivity contribution is 6.06. The summed E-state index contributed by atoms with van der Waals surface area (Å²) in [6, 6.07) is 14.0. The summed E-state index contributed by atoms with van der Waals surface area (Å²) < 4.78 is 20.6. The number of aromatic nitrogens is 1. The number of methoxy groups -OCH3 is 1. The first-order chi connectivity index (χ1) is 20.0. The third-order valence-corrected chi connectivity index (χ3v) is 8.01. The van der Waals surface area contributed by atoms with Crippen molar-refractivity contribution in [3.05, 3.63) is 88.4 Å². The summed E-state index contributed by atoms with van der Waals surface area (Å²) in [5.74, 6) is -0.672. The van der Waals surface area contributed by atoms with E-state index in [0.717, 1.165) is 16.7 Å². The van der Waals surface area contributed by atoms with Crippen molar-refractivity contribution in [1.29, 1.82) is 0 Å². The van der Waals surface area contributed by atoms with Crippen molar-refractivity contribution >= 4 is 29.2 Å². The minimum atomic E-state index is -0.801. The highest BCUT2D eigenvalue weighted by Gasteiger charge is 2.51. The first kappa shape index (κ1) is 29.3. The average molecular weight is 574 g/mol. The van der Waals surface area contributed by atoms with E-state index in [1.807, 2.05) is 24.3 Å². The Morgan fingerprint density at radius 1 is 1.14 bits per heavy atom. The Bertz CT molecular complexity index is 1550. The molecule has 1 spiro atoms. The second-order valence-corrected chi connectivity index (χ2v) is 11.9. The molecule has 2 atom stereocenters. The molecule has 1 aliphatic carbocycles. The minimum absolute atomic E-state index is 0.0733. The summed E-state index contributed by atoms with van der Waals surface area (Å²) in [4.78, 5) is 45.5. The van der Waals surface area contributed by atoms with E-state index < -0.39 is 28.8 Å². The molecule has 0 radical (unpaired) electrons. The number of hydrogen-bond donors (Lipinski definition) is 3. The molecule has 3 aromatic rings. The number of nitrogens with zero attached hydrogens (tertiary/aromatic N) is 2. The number of carbonyl (C=O) groups is 3. The number of rotatable bonds is 8. The van der Waals surface area contributed by atoms with Crippen molar-refractivity contribution in [3.8, 4) is 0 Å². The van der Waals surface area contributed by atoms with Gasteiger partial charge in [-0.2, -0.15) is 0 Å². The molecular weight excluding hydrogens is 537 g/mol. The van der Waals surface area contributed by atoms with Gasteiger partial charge >= 0.3 is 0 Å². The van der Waals surface area contributed by atoms with Gasteiger partial charge in [-0.3, -0.25) is 19.7 Å². The molecule has 1 aliphatic heterocycles. The minimum Gasteiger partial charge on any atom is -0.362 e. The summed E-state index contributed by atoms with van der Waals surface area (Å²) >= 11 is 0. The van der Waals surface area contributed by atoms with Gasteiger partial charge in [-0.1, -0.05) is 45.0 Å². The highest BCUT2D eigenvalue weighted by Crippen LogP contribution is 2.47. The normalized spacial score (nSPS) is 17.9. The summed E-state index contributed by atoms with van der Waals surface area (Å²) in [6.07, 6.45) is 2.11. The Morgan fingerprint density at radius 2 is 1.90 bits per heavy atom. The van der Waals surface area contributed by atoms with Crippen molar-refractivity contribution < 1.29 is 23.5 Å². The van der Waals surface area contributed by atoms with E-state index in [4.69, 9.17) is 4.74 Å². The Balaban J connectivity index is 1.36. The van der Waals surface area contributed by atoms with Gasteiger partial charge in [-0.15, -0.1) is 0 Å². The van der Waals surface area contributed by atoms with E-state index in [-0.39, 0.29) is 30.5 Å². The van der Waals surface area contributed by atoms with Gasteiger partial charge in [0.25, 0.3) is 0 Å². The van der Waals surface area contributed by atoms with Gasteiger partial charge in [0.15, 0.2) is 0 Å². The number of amides is 3. The molecule has 0 saturated carbocycles. The van der Waals surface area contributed by atoms with Crippen molar-refractivity contribution in [1.82, 2.24) is 15.2 Å². The highest BCUT2D eigenvalue weighted by atomic mass is 19.1. The van der Waals surface area contributed by atoms with Crippen LogP contribution in [-0.4, -0.2) is 48.3 Å². The number of anilines is 2. The van der Waals surface area contributed by atoms with Gasteiger partial charge in [0.05, 0.1) is 5.41 Å². The molecule has 2 aliphatic rings. The van der Waals surface area contributed by atoms with E-state index in [1.165, 1.54) is 18.1 Å². The predicted octanol–water partition coefficient (Wildman–Crippen LogP) is 4.09. The summed E-state index contributed by atoms with van der Waals surface area (Å²) in [5, 5.41) is 8.79. The van der Waals surface area contributed by atoms with Crippen LogP contribution in [0.25, 0.3) is 0 Å². The molecule has 0 saturated heterocycles. The number of hydrogen-bond acceptors (Lipinski definition) is 6. The molecule has 1 aromatic heterocycles. The molecule has 2 unspecified atom stereocenters. The number of benzene rings is 2. The van der Waals surface area contributed by atoms with Crippen LogP contribution in [0.15, 0.2) is 54.7 Å². The fourth-order valence-electron chi connectivity index (χ4n) is 5.97. The maximum Gasteiger partial charge on any atom is 0.244 e. The monoisotopic (exact) mass is 573 g/mol. The van der Waals surface area contributed by atoms with Crippen LogP contribution in [0.2, 0.25) is 0 Å². The third kappa shape index (κ3) is 5.39. The topological polar surface area (TPSA) is 113 Å². The molecular formula is C32H36FN5O4. The van der Waals surface area contributed by atoms with Crippen molar-refractivity contribution in [3.63, 3.8) is 0 Å². The standard InChI is InChI=1S/C32H36FN5O4/c1-31(2,3)30(41)38(17-23-22(28(34-4)42-5)8-6-10-25(23)33)18-26(39)36-21-12-11-19-15-32(16-20(19)14-21)24-9-7-13-35-27(24)37-29(32)40/h6-14,28,34H,15-18H2,1-5H3,(H,36,39)(H,35,37,40). The number of nitrogens with one attached hydrogen (secondary N) is 3. The number of ether oxygens (including phenoxy) is 1. The van der Waals surface area contributed by atoms with E-state index in [9.17, 15) is 14.4 Å². The zero-order valence-electron chi connectivity index (χ0n) is 24.5. The number of fused-ring (bicyclic) bond motifs is 3. The molecule has 9 nitrogen and oxygen atoms in total. The lowest BCUT2D eigenvalue weighted by Crippen LogP contribution is -2.43. The SMILES string of the molecule is CNC(OC)c1cccc(F)c1CN(CC(=O)Nc1ccc2c(c1)CC1(C2)C(=O)Nc2ncccc21)C(=O)C(C)(C)C. The van der Waals surface area contributed by atoms with Crippen molar-refractivity contribution in [2.75, 3.05) is 31.3 Å². The lowest BCUT2D eigenvalue weighted by atomic mass is 9.79. The second-order valence-electron chi connectivity index (χ2n) is 11.9. The average Bonchev–Trinajstić information content (AvgIpc) is 3.46. The second kappa shape index (κ2) is 11.3. The van der Waals surface area contributed by atoms with Crippen molar-refractivity contribution in [2.24, 2.45) is 5.41 Å². The van der Waals surface area contributed by atoms with E-state index in [2.05, 4.69) is 20.9 Å². The van der Waals surface area contributed by atoms with Crippen LogP contribution in [0.5, 0.6) is 0 Å². The van der Waals surface area contributed by atoms with Gasteiger partial charge in [-0.25, -0.2) is 9.37 Å². The fraction of sp³-hybridized carbons (Fsp3) is 0.375. The van der Waals surface area contributed by atoms with Gasteiger partial charge in [0.2, 0.25) is 17.7 Å². The van der Waals surface area contributed by atoms with E-state index in [0.29, 0.717) is 29.9 Å². The number of pyridine rings is 1. The summed E-state index contributed by atoms with van der Waals surface area (Å²) in [5.41, 5.74) is 2.76. The maximum atomic E-state index is 15.1. The molecule has 10 heteroatoms.